The van der Waals surface area contributed by atoms with Gasteiger partial charge in [-0.05, 0) is 56.2 Å². The van der Waals surface area contributed by atoms with E-state index in [-0.39, 0.29) is 0 Å². The van der Waals surface area contributed by atoms with E-state index in [1.165, 1.54) is 37.9 Å². The minimum absolute atomic E-state index is 0.496. The van der Waals surface area contributed by atoms with Crippen LogP contribution < -0.4 is 4.90 Å². The molecule has 1 unspecified atom stereocenters. The van der Waals surface area contributed by atoms with Gasteiger partial charge in [0.15, 0.2) is 0 Å². The Bertz CT molecular complexity index is 438. The van der Waals surface area contributed by atoms with Crippen LogP contribution in [0.5, 0.6) is 0 Å². The summed E-state index contributed by atoms with van der Waals surface area (Å²) in [4.78, 5) is 2.51. The van der Waals surface area contributed by atoms with Crippen molar-refractivity contribution in [3.8, 4) is 0 Å². The Hall–Kier alpha value is -0.730. The molecule has 0 spiro atoms. The summed E-state index contributed by atoms with van der Waals surface area (Å²) in [6.07, 6.45) is 4.88. The molecule has 2 aliphatic rings. The van der Waals surface area contributed by atoms with Crippen LogP contribution >= 0.6 is 11.6 Å². The molecule has 0 bridgehead atoms. The van der Waals surface area contributed by atoms with Gasteiger partial charge in [-0.3, -0.25) is 0 Å². The highest BCUT2D eigenvalue weighted by atomic mass is 35.5. The molecule has 2 fully saturated rings. The molecule has 0 saturated heterocycles. The van der Waals surface area contributed by atoms with Gasteiger partial charge in [-0.15, -0.1) is 0 Å². The maximum atomic E-state index is 9.61. The molecule has 0 amide bonds. The van der Waals surface area contributed by atoms with Crippen molar-refractivity contribution < 1.29 is 5.11 Å². The molecule has 0 heterocycles. The topological polar surface area (TPSA) is 23.5 Å². The van der Waals surface area contributed by atoms with E-state index >= 15 is 0 Å². The van der Waals surface area contributed by atoms with Crippen LogP contribution in [0.25, 0.3) is 0 Å². The highest BCUT2D eigenvalue weighted by molar-refractivity contribution is 6.31. The fraction of sp³-hybridized carbons (Fsp3) is 0.600. The summed E-state index contributed by atoms with van der Waals surface area (Å²) in [6, 6.07) is 6.81. The van der Waals surface area contributed by atoms with Gasteiger partial charge in [-0.1, -0.05) is 17.7 Å². The first kappa shape index (κ1) is 12.3. The zero-order valence-electron chi connectivity index (χ0n) is 10.8. The lowest BCUT2D eigenvalue weighted by Gasteiger charge is -2.25. The largest absolute Gasteiger partial charge is 0.389 e. The monoisotopic (exact) mass is 265 g/mol. The average molecular weight is 266 g/mol. The van der Waals surface area contributed by atoms with Gasteiger partial charge in [0.25, 0.3) is 0 Å². The normalized spacial score (nSPS) is 20.8. The van der Waals surface area contributed by atoms with Crippen LogP contribution in [0.15, 0.2) is 18.2 Å². The number of aliphatic hydroxyl groups excluding tert-OH is 1. The van der Waals surface area contributed by atoms with Crippen molar-refractivity contribution in [3.05, 3.63) is 28.8 Å². The van der Waals surface area contributed by atoms with Crippen LogP contribution in [0.2, 0.25) is 5.02 Å². The Labute approximate surface area is 114 Å². The van der Waals surface area contributed by atoms with Crippen LogP contribution in [-0.4, -0.2) is 17.7 Å². The van der Waals surface area contributed by atoms with Gasteiger partial charge >= 0.3 is 0 Å². The Morgan fingerprint density at radius 3 is 2.56 bits per heavy atom. The first-order valence-electron chi connectivity index (χ1n) is 6.89. The number of aliphatic hydroxyl groups is 1. The van der Waals surface area contributed by atoms with Crippen molar-refractivity contribution >= 4 is 17.3 Å². The molecule has 2 saturated carbocycles. The summed E-state index contributed by atoms with van der Waals surface area (Å²) in [5, 5.41) is 10.3. The second-order valence-corrected chi connectivity index (χ2v) is 6.12. The standard InChI is InChI=1S/C15H20ClNO/c1-10(18)14-7-6-13(8-15(14)16)17(12-4-5-12)9-11-2-3-11/h6-8,10-12,18H,2-5,9H2,1H3. The molecule has 2 aliphatic carbocycles. The van der Waals surface area contributed by atoms with E-state index in [9.17, 15) is 5.11 Å². The molecule has 1 aromatic rings. The van der Waals surface area contributed by atoms with Crippen LogP contribution in [0.1, 0.15) is 44.3 Å². The molecule has 0 radical (unpaired) electrons. The molecule has 2 nitrogen and oxygen atoms in total. The second kappa shape index (κ2) is 4.75. The average Bonchev–Trinajstić information content (AvgIpc) is 3.18. The van der Waals surface area contributed by atoms with Gasteiger partial charge < -0.3 is 10.0 Å². The summed E-state index contributed by atoms with van der Waals surface area (Å²) in [5.41, 5.74) is 2.04. The van der Waals surface area contributed by atoms with Crippen LogP contribution in [0.3, 0.4) is 0 Å². The van der Waals surface area contributed by atoms with Gasteiger partial charge in [0.05, 0.1) is 6.10 Å². The predicted octanol–water partition coefficient (Wildman–Crippen LogP) is 3.77. The van der Waals surface area contributed by atoms with E-state index < -0.39 is 6.10 Å². The van der Waals surface area contributed by atoms with Gasteiger partial charge in [0.2, 0.25) is 0 Å². The SMILES string of the molecule is CC(O)c1ccc(N(CC2CC2)C2CC2)cc1Cl. The van der Waals surface area contributed by atoms with Gasteiger partial charge in [-0.2, -0.15) is 0 Å². The zero-order chi connectivity index (χ0) is 12.7. The van der Waals surface area contributed by atoms with Crippen LogP contribution in [-0.2, 0) is 0 Å². The molecule has 18 heavy (non-hydrogen) atoms. The molecule has 0 aromatic heterocycles. The van der Waals surface area contributed by atoms with Crippen molar-refractivity contribution in [1.29, 1.82) is 0 Å². The van der Waals surface area contributed by atoms with Gasteiger partial charge in [-0.25, -0.2) is 0 Å². The summed E-state index contributed by atoms with van der Waals surface area (Å²) in [7, 11) is 0. The third kappa shape index (κ3) is 2.65. The first-order chi connectivity index (χ1) is 8.65. The number of benzene rings is 1. The minimum Gasteiger partial charge on any atom is -0.389 e. The van der Waals surface area contributed by atoms with E-state index in [4.69, 9.17) is 11.6 Å². The molecular formula is C15H20ClNO. The maximum Gasteiger partial charge on any atom is 0.0776 e. The van der Waals surface area contributed by atoms with Crippen molar-refractivity contribution in [2.45, 2.75) is 44.8 Å². The molecule has 3 heteroatoms. The quantitative estimate of drug-likeness (QED) is 0.876. The number of hydrogen-bond acceptors (Lipinski definition) is 2. The summed E-state index contributed by atoms with van der Waals surface area (Å²) >= 11 is 6.26. The fourth-order valence-electron chi connectivity index (χ4n) is 2.46. The minimum atomic E-state index is -0.496. The van der Waals surface area contributed by atoms with Crippen molar-refractivity contribution in [2.24, 2.45) is 5.92 Å². The molecule has 1 atom stereocenters. The molecule has 3 rings (SSSR count). The first-order valence-corrected chi connectivity index (χ1v) is 7.27. The van der Waals surface area contributed by atoms with E-state index in [0.29, 0.717) is 5.02 Å². The Balaban J connectivity index is 1.82. The van der Waals surface area contributed by atoms with E-state index in [1.54, 1.807) is 6.92 Å². The lowest BCUT2D eigenvalue weighted by molar-refractivity contribution is 0.199. The zero-order valence-corrected chi connectivity index (χ0v) is 11.5. The number of hydrogen-bond donors (Lipinski definition) is 1. The smallest absolute Gasteiger partial charge is 0.0776 e. The predicted molar refractivity (Wildman–Crippen MR) is 75.2 cm³/mol. The molecule has 1 aromatic carbocycles. The molecule has 1 N–H and O–H groups in total. The lowest BCUT2D eigenvalue weighted by atomic mass is 10.1. The lowest BCUT2D eigenvalue weighted by Crippen LogP contribution is -2.28. The molecule has 0 aliphatic heterocycles. The highest BCUT2D eigenvalue weighted by Gasteiger charge is 2.34. The van der Waals surface area contributed by atoms with Crippen molar-refractivity contribution in [2.75, 3.05) is 11.4 Å². The van der Waals surface area contributed by atoms with Crippen LogP contribution in [0.4, 0.5) is 5.69 Å². The van der Waals surface area contributed by atoms with E-state index in [2.05, 4.69) is 11.0 Å². The summed E-state index contributed by atoms with van der Waals surface area (Å²) in [6.45, 7) is 2.93. The van der Waals surface area contributed by atoms with Crippen molar-refractivity contribution in [3.63, 3.8) is 0 Å². The third-order valence-electron chi connectivity index (χ3n) is 3.91. The maximum absolute atomic E-state index is 9.61. The highest BCUT2D eigenvalue weighted by Crippen LogP contribution is 2.39. The summed E-state index contributed by atoms with van der Waals surface area (Å²) < 4.78 is 0. The molecular weight excluding hydrogens is 246 g/mol. The van der Waals surface area contributed by atoms with E-state index in [1.807, 2.05) is 12.1 Å². The molecule has 98 valence electrons. The number of rotatable bonds is 5. The van der Waals surface area contributed by atoms with Gasteiger partial charge in [0, 0.05) is 23.3 Å². The number of halogens is 1. The Morgan fingerprint density at radius 1 is 1.33 bits per heavy atom. The Kier molecular flexibility index (Phi) is 3.25. The second-order valence-electron chi connectivity index (χ2n) is 5.71. The van der Waals surface area contributed by atoms with Gasteiger partial charge in [0.1, 0.15) is 0 Å². The third-order valence-corrected chi connectivity index (χ3v) is 4.23. The number of anilines is 1. The fourth-order valence-corrected chi connectivity index (χ4v) is 2.80. The van der Waals surface area contributed by atoms with Crippen LogP contribution in [0, 0.1) is 5.92 Å². The Morgan fingerprint density at radius 2 is 2.06 bits per heavy atom. The van der Waals surface area contributed by atoms with E-state index in [0.717, 1.165) is 17.5 Å². The summed E-state index contributed by atoms with van der Waals surface area (Å²) in [5.74, 6) is 0.890. The van der Waals surface area contributed by atoms with Crippen molar-refractivity contribution in [1.82, 2.24) is 0 Å². The number of nitrogens with zero attached hydrogens (tertiary/aromatic N) is 1.